The number of halogens is 1. The Morgan fingerprint density at radius 3 is 2.44 bits per heavy atom. The number of rotatable bonds is 6. The third kappa shape index (κ3) is 4.46. The van der Waals surface area contributed by atoms with E-state index in [0.29, 0.717) is 17.4 Å². The highest BCUT2D eigenvalue weighted by molar-refractivity contribution is 8.00. The molecule has 0 unspecified atom stereocenters. The second kappa shape index (κ2) is 8.22. The number of aromatic nitrogens is 3. The molecule has 2 aromatic carbocycles. The molecule has 0 radical (unpaired) electrons. The van der Waals surface area contributed by atoms with Crippen molar-refractivity contribution in [3.8, 4) is 0 Å². The molecule has 0 saturated heterocycles. The minimum Gasteiger partial charge on any atom is -0.348 e. The molecule has 6 nitrogen and oxygen atoms in total. The fourth-order valence-corrected chi connectivity index (χ4v) is 3.64. The molecule has 1 aromatic heterocycles. The number of thioether (sulfide) groups is 1. The fraction of sp³-hybridized carbons (Fsp3) is 0.211. The largest absolute Gasteiger partial charge is 0.348 e. The Bertz CT molecular complexity index is 912. The van der Waals surface area contributed by atoms with Crippen LogP contribution in [-0.2, 0) is 11.2 Å². The van der Waals surface area contributed by atoms with E-state index in [0.717, 1.165) is 11.1 Å². The quantitative estimate of drug-likeness (QED) is 0.521. The van der Waals surface area contributed by atoms with Crippen molar-refractivity contribution in [2.75, 3.05) is 19.9 Å². The van der Waals surface area contributed by atoms with E-state index in [-0.39, 0.29) is 11.7 Å². The zero-order valence-electron chi connectivity index (χ0n) is 15.0. The topological polar surface area (TPSA) is 77.0 Å². The third-order valence-electron chi connectivity index (χ3n) is 4.00. The molecule has 0 spiro atoms. The summed E-state index contributed by atoms with van der Waals surface area (Å²) in [4.78, 5) is 14.2. The van der Waals surface area contributed by atoms with E-state index < -0.39 is 5.25 Å². The average molecular weight is 385 g/mol. The van der Waals surface area contributed by atoms with E-state index in [2.05, 4.69) is 10.2 Å². The lowest BCUT2D eigenvalue weighted by Crippen LogP contribution is -2.27. The van der Waals surface area contributed by atoms with Gasteiger partial charge in [0, 0.05) is 20.5 Å². The van der Waals surface area contributed by atoms with Gasteiger partial charge in [0.2, 0.25) is 11.1 Å². The molecule has 3 rings (SSSR count). The van der Waals surface area contributed by atoms with Gasteiger partial charge in [-0.15, -0.1) is 10.2 Å². The Labute approximate surface area is 161 Å². The van der Waals surface area contributed by atoms with Gasteiger partial charge in [0.25, 0.3) is 0 Å². The van der Waals surface area contributed by atoms with Gasteiger partial charge in [-0.1, -0.05) is 54.2 Å². The number of nitrogen functional groups attached to an aromatic ring is 1. The van der Waals surface area contributed by atoms with Crippen molar-refractivity contribution < 1.29 is 9.18 Å². The van der Waals surface area contributed by atoms with Gasteiger partial charge in [-0.3, -0.25) is 4.79 Å². The lowest BCUT2D eigenvalue weighted by molar-refractivity contribution is -0.128. The fourth-order valence-electron chi connectivity index (χ4n) is 2.52. The first kappa shape index (κ1) is 18.9. The first-order valence-corrected chi connectivity index (χ1v) is 9.20. The first-order valence-electron chi connectivity index (χ1n) is 8.32. The molecule has 0 aliphatic heterocycles. The molecule has 0 aliphatic carbocycles. The van der Waals surface area contributed by atoms with E-state index >= 15 is 0 Å². The summed E-state index contributed by atoms with van der Waals surface area (Å²) in [5.41, 5.74) is 1.74. The van der Waals surface area contributed by atoms with Crippen molar-refractivity contribution in [3.63, 3.8) is 0 Å². The lowest BCUT2D eigenvalue weighted by Gasteiger charge is -2.20. The molecule has 27 heavy (non-hydrogen) atoms. The van der Waals surface area contributed by atoms with Crippen LogP contribution >= 0.6 is 11.8 Å². The first-order chi connectivity index (χ1) is 13.0. The molecule has 3 aromatic rings. The third-order valence-corrected chi connectivity index (χ3v) is 5.20. The highest BCUT2D eigenvalue weighted by Crippen LogP contribution is 2.35. The zero-order chi connectivity index (χ0) is 19.4. The highest BCUT2D eigenvalue weighted by Gasteiger charge is 2.26. The summed E-state index contributed by atoms with van der Waals surface area (Å²) in [5, 5.41) is 8.24. The van der Waals surface area contributed by atoms with Gasteiger partial charge >= 0.3 is 0 Å². The minimum atomic E-state index is -0.480. The molecule has 8 heteroatoms. The summed E-state index contributed by atoms with van der Waals surface area (Å²) >= 11 is 1.25. The predicted octanol–water partition coefficient (Wildman–Crippen LogP) is 2.64. The normalized spacial score (nSPS) is 12.0. The number of amides is 1. The summed E-state index contributed by atoms with van der Waals surface area (Å²) in [6.07, 6.45) is 0.419. The van der Waals surface area contributed by atoms with E-state index in [4.69, 9.17) is 5.84 Å². The molecule has 1 amide bonds. The molecule has 1 heterocycles. The Balaban J connectivity index is 1.83. The molecule has 140 valence electrons. The number of carbonyl (C=O) groups is 1. The summed E-state index contributed by atoms with van der Waals surface area (Å²) in [6.45, 7) is 0. The molecule has 2 N–H and O–H groups in total. The van der Waals surface area contributed by atoms with Gasteiger partial charge < -0.3 is 10.7 Å². The molecular formula is C19H20FN5OS. The van der Waals surface area contributed by atoms with Gasteiger partial charge in [-0.2, -0.15) is 0 Å². The van der Waals surface area contributed by atoms with Gasteiger partial charge in [0.1, 0.15) is 11.1 Å². The summed E-state index contributed by atoms with van der Waals surface area (Å²) < 4.78 is 14.4. The van der Waals surface area contributed by atoms with Crippen LogP contribution in [0.1, 0.15) is 22.2 Å². The maximum atomic E-state index is 13.1. The van der Waals surface area contributed by atoms with Crippen LogP contribution in [0.4, 0.5) is 4.39 Å². The van der Waals surface area contributed by atoms with Crippen molar-refractivity contribution in [2.24, 2.45) is 0 Å². The Morgan fingerprint density at radius 1 is 1.15 bits per heavy atom. The SMILES string of the molecule is CN(C)C(=O)[C@@H](Sc1nnc(Cc2ccc(F)cc2)n1N)c1ccccc1. The van der Waals surface area contributed by atoms with E-state index in [1.54, 1.807) is 31.1 Å². The summed E-state index contributed by atoms with van der Waals surface area (Å²) in [5.74, 6) is 6.34. The van der Waals surface area contributed by atoms with Gasteiger partial charge in [0.05, 0.1) is 0 Å². The van der Waals surface area contributed by atoms with Crippen molar-refractivity contribution in [2.45, 2.75) is 16.8 Å². The second-order valence-electron chi connectivity index (χ2n) is 6.21. The minimum absolute atomic E-state index is 0.0608. The van der Waals surface area contributed by atoms with Crippen LogP contribution in [0, 0.1) is 5.82 Å². The van der Waals surface area contributed by atoms with E-state index in [1.807, 2.05) is 30.3 Å². The monoisotopic (exact) mass is 385 g/mol. The van der Waals surface area contributed by atoms with Crippen LogP contribution in [0.3, 0.4) is 0 Å². The number of carbonyl (C=O) groups excluding carboxylic acids is 1. The smallest absolute Gasteiger partial charge is 0.240 e. The molecule has 0 saturated carbocycles. The number of nitrogens with zero attached hydrogens (tertiary/aromatic N) is 4. The van der Waals surface area contributed by atoms with Crippen LogP contribution in [0.2, 0.25) is 0 Å². The summed E-state index contributed by atoms with van der Waals surface area (Å²) in [6, 6.07) is 15.6. The van der Waals surface area contributed by atoms with Crippen molar-refractivity contribution in [3.05, 3.63) is 77.4 Å². The zero-order valence-corrected chi connectivity index (χ0v) is 15.9. The van der Waals surface area contributed by atoms with Crippen molar-refractivity contribution in [1.29, 1.82) is 0 Å². The molecule has 1 atom stereocenters. The molecular weight excluding hydrogens is 365 g/mol. The molecule has 0 aliphatic rings. The summed E-state index contributed by atoms with van der Waals surface area (Å²) in [7, 11) is 3.43. The van der Waals surface area contributed by atoms with Crippen LogP contribution in [-0.4, -0.2) is 39.8 Å². The number of likely N-dealkylation sites (N-methyl/N-ethyl adjacent to an activating group) is 1. The van der Waals surface area contributed by atoms with Crippen LogP contribution < -0.4 is 5.84 Å². The Kier molecular flexibility index (Phi) is 5.75. The maximum absolute atomic E-state index is 13.1. The standard InChI is InChI=1S/C19H20FN5OS/c1-24(2)18(26)17(14-6-4-3-5-7-14)27-19-23-22-16(25(19)21)12-13-8-10-15(20)11-9-13/h3-11,17H,12,21H2,1-2H3/t17-/m0/s1. The van der Waals surface area contributed by atoms with Crippen LogP contribution in [0.25, 0.3) is 0 Å². The Hall–Kier alpha value is -2.87. The van der Waals surface area contributed by atoms with Gasteiger partial charge in [-0.05, 0) is 23.3 Å². The van der Waals surface area contributed by atoms with Crippen molar-refractivity contribution in [1.82, 2.24) is 19.8 Å². The number of benzene rings is 2. The molecule has 0 fully saturated rings. The maximum Gasteiger partial charge on any atom is 0.240 e. The van der Waals surface area contributed by atoms with Crippen LogP contribution in [0.15, 0.2) is 59.8 Å². The van der Waals surface area contributed by atoms with Gasteiger partial charge in [-0.25, -0.2) is 9.07 Å². The molecule has 0 bridgehead atoms. The average Bonchev–Trinajstić information content (AvgIpc) is 3.01. The van der Waals surface area contributed by atoms with E-state index in [1.165, 1.54) is 28.6 Å². The highest BCUT2D eigenvalue weighted by atomic mass is 32.2. The Morgan fingerprint density at radius 2 is 1.81 bits per heavy atom. The number of nitrogens with two attached hydrogens (primary N) is 1. The van der Waals surface area contributed by atoms with Gasteiger partial charge in [0.15, 0.2) is 5.82 Å². The van der Waals surface area contributed by atoms with Crippen molar-refractivity contribution >= 4 is 17.7 Å². The number of hydrogen-bond donors (Lipinski definition) is 1. The van der Waals surface area contributed by atoms with Crippen LogP contribution in [0.5, 0.6) is 0 Å². The lowest BCUT2D eigenvalue weighted by atomic mass is 10.1. The van der Waals surface area contributed by atoms with E-state index in [9.17, 15) is 9.18 Å². The predicted molar refractivity (Wildman–Crippen MR) is 103 cm³/mol. The second-order valence-corrected chi connectivity index (χ2v) is 7.29. The number of hydrogen-bond acceptors (Lipinski definition) is 5.